The molecule has 29 heavy (non-hydrogen) atoms. The number of halogens is 2. The van der Waals surface area contributed by atoms with Gasteiger partial charge in [0.05, 0.1) is 17.6 Å². The van der Waals surface area contributed by atoms with Gasteiger partial charge >= 0.3 is 0 Å². The van der Waals surface area contributed by atoms with Gasteiger partial charge in [-0.3, -0.25) is 9.52 Å². The first-order valence-corrected chi connectivity index (χ1v) is 10.2. The third-order valence-electron chi connectivity index (χ3n) is 3.90. The maximum absolute atomic E-state index is 13.5. The molecule has 3 aromatic rings. The molecule has 3 rings (SSSR count). The van der Waals surface area contributed by atoms with Crippen LogP contribution in [-0.4, -0.2) is 21.4 Å². The lowest BCUT2D eigenvalue weighted by Crippen LogP contribution is -2.15. The minimum Gasteiger partial charge on any atom is -0.496 e. The Morgan fingerprint density at radius 3 is 2.41 bits per heavy atom. The average molecular weight is 435 g/mol. The number of carbonyl (C=O) groups is 1. The van der Waals surface area contributed by atoms with Crippen LogP contribution >= 0.6 is 11.6 Å². The van der Waals surface area contributed by atoms with E-state index in [1.165, 1.54) is 55.6 Å². The molecule has 0 aliphatic carbocycles. The molecule has 0 atom stereocenters. The fourth-order valence-electron chi connectivity index (χ4n) is 2.53. The Kier molecular flexibility index (Phi) is 6.05. The van der Waals surface area contributed by atoms with Gasteiger partial charge in [-0.05, 0) is 60.7 Å². The van der Waals surface area contributed by atoms with Gasteiger partial charge in [-0.25, -0.2) is 12.8 Å². The fourth-order valence-corrected chi connectivity index (χ4v) is 3.76. The van der Waals surface area contributed by atoms with Crippen molar-refractivity contribution in [3.05, 3.63) is 83.1 Å². The Hall–Kier alpha value is -3.10. The second-order valence-corrected chi connectivity index (χ2v) is 8.06. The molecule has 0 saturated heterocycles. The molecule has 0 aliphatic rings. The molecular weight excluding hydrogens is 419 g/mol. The second kappa shape index (κ2) is 8.50. The molecule has 0 aliphatic heterocycles. The quantitative estimate of drug-likeness (QED) is 0.596. The van der Waals surface area contributed by atoms with Crippen molar-refractivity contribution < 1.29 is 22.3 Å². The first-order chi connectivity index (χ1) is 13.8. The molecule has 1 amide bonds. The van der Waals surface area contributed by atoms with Crippen LogP contribution in [0.15, 0.2) is 71.6 Å². The lowest BCUT2D eigenvalue weighted by molar-refractivity contribution is 0.102. The maximum Gasteiger partial charge on any atom is 0.261 e. The minimum atomic E-state index is -3.90. The highest BCUT2D eigenvalue weighted by atomic mass is 35.5. The van der Waals surface area contributed by atoms with Crippen molar-refractivity contribution in [3.8, 4) is 5.75 Å². The number of hydrogen-bond acceptors (Lipinski definition) is 4. The number of benzene rings is 3. The number of amides is 1. The van der Waals surface area contributed by atoms with Crippen molar-refractivity contribution in [3.63, 3.8) is 0 Å². The maximum atomic E-state index is 13.5. The van der Waals surface area contributed by atoms with Gasteiger partial charge in [-0.15, -0.1) is 0 Å². The highest BCUT2D eigenvalue weighted by molar-refractivity contribution is 7.92. The minimum absolute atomic E-state index is 0.0138. The van der Waals surface area contributed by atoms with Crippen molar-refractivity contribution in [1.82, 2.24) is 0 Å². The Morgan fingerprint density at radius 1 is 1.00 bits per heavy atom. The van der Waals surface area contributed by atoms with Crippen LogP contribution in [0.25, 0.3) is 0 Å². The topological polar surface area (TPSA) is 84.5 Å². The summed E-state index contributed by atoms with van der Waals surface area (Å²) >= 11 is 5.80. The molecule has 150 valence electrons. The number of methoxy groups -OCH3 is 1. The Balaban J connectivity index is 1.83. The smallest absolute Gasteiger partial charge is 0.261 e. The summed E-state index contributed by atoms with van der Waals surface area (Å²) in [6, 6.07) is 15.4. The highest BCUT2D eigenvalue weighted by Crippen LogP contribution is 2.23. The molecular formula is C20H16ClFN2O4S. The van der Waals surface area contributed by atoms with E-state index in [2.05, 4.69) is 10.0 Å². The van der Waals surface area contributed by atoms with E-state index in [-0.39, 0.29) is 21.9 Å². The van der Waals surface area contributed by atoms with E-state index in [1.807, 2.05) is 0 Å². The van der Waals surface area contributed by atoms with Crippen molar-refractivity contribution in [2.24, 2.45) is 0 Å². The zero-order valence-corrected chi connectivity index (χ0v) is 16.7. The van der Waals surface area contributed by atoms with E-state index in [4.69, 9.17) is 16.3 Å². The summed E-state index contributed by atoms with van der Waals surface area (Å²) in [5.41, 5.74) is 0.550. The molecule has 6 nitrogen and oxygen atoms in total. The van der Waals surface area contributed by atoms with E-state index in [0.29, 0.717) is 10.7 Å². The van der Waals surface area contributed by atoms with E-state index in [1.54, 1.807) is 12.1 Å². The van der Waals surface area contributed by atoms with E-state index in [9.17, 15) is 17.6 Å². The van der Waals surface area contributed by atoms with Gasteiger partial charge in [0.15, 0.2) is 0 Å². The molecule has 9 heteroatoms. The highest BCUT2D eigenvalue weighted by Gasteiger charge is 2.17. The van der Waals surface area contributed by atoms with Crippen molar-refractivity contribution in [1.29, 1.82) is 0 Å². The van der Waals surface area contributed by atoms with Gasteiger partial charge < -0.3 is 10.1 Å². The van der Waals surface area contributed by atoms with E-state index < -0.39 is 21.7 Å². The summed E-state index contributed by atoms with van der Waals surface area (Å²) in [4.78, 5) is 12.4. The van der Waals surface area contributed by atoms with Crippen LogP contribution in [0.5, 0.6) is 5.75 Å². The zero-order valence-electron chi connectivity index (χ0n) is 15.1. The lowest BCUT2D eigenvalue weighted by atomic mass is 10.1. The number of nitrogens with one attached hydrogen (secondary N) is 2. The third kappa shape index (κ3) is 5.04. The number of hydrogen-bond donors (Lipinski definition) is 2. The summed E-state index contributed by atoms with van der Waals surface area (Å²) in [5.74, 6) is -1.04. The summed E-state index contributed by atoms with van der Waals surface area (Å²) in [7, 11) is -2.54. The number of ether oxygens (including phenoxy) is 1. The Morgan fingerprint density at radius 2 is 1.72 bits per heavy atom. The van der Waals surface area contributed by atoms with Crippen molar-refractivity contribution in [2.75, 3.05) is 17.1 Å². The van der Waals surface area contributed by atoms with Crippen molar-refractivity contribution in [2.45, 2.75) is 4.90 Å². The molecule has 0 heterocycles. The number of sulfonamides is 1. The van der Waals surface area contributed by atoms with Crippen LogP contribution in [0.3, 0.4) is 0 Å². The standard InChI is InChI=1S/C20H16ClFN2O4S/c1-28-19-10-7-14(22)11-18(19)20(25)23-16-3-2-4-17(12-16)29(26,27)24-15-8-5-13(21)6-9-15/h2-12,24H,1H3,(H,23,25). The van der Waals surface area contributed by atoms with Gasteiger partial charge in [0, 0.05) is 16.4 Å². The first kappa shape index (κ1) is 20.6. The summed E-state index contributed by atoms with van der Waals surface area (Å²) < 4.78 is 46.2. The number of carbonyl (C=O) groups excluding carboxylic acids is 1. The lowest BCUT2D eigenvalue weighted by Gasteiger charge is -2.12. The van der Waals surface area contributed by atoms with Crippen LogP contribution in [0.4, 0.5) is 15.8 Å². The second-order valence-electron chi connectivity index (χ2n) is 5.94. The first-order valence-electron chi connectivity index (χ1n) is 8.32. The predicted octanol–water partition coefficient (Wildman–Crippen LogP) is 4.54. The van der Waals surface area contributed by atoms with Gasteiger partial charge in [-0.2, -0.15) is 0 Å². The third-order valence-corrected chi connectivity index (χ3v) is 5.54. The van der Waals surface area contributed by atoms with Crippen molar-refractivity contribution >= 4 is 38.9 Å². The molecule has 0 unspecified atom stereocenters. The van der Waals surface area contributed by atoms with E-state index >= 15 is 0 Å². The van der Waals surface area contributed by atoms with Gasteiger partial charge in [0.1, 0.15) is 11.6 Å². The van der Waals surface area contributed by atoms with Crippen LogP contribution < -0.4 is 14.8 Å². The summed E-state index contributed by atoms with van der Waals surface area (Å²) in [6.07, 6.45) is 0. The molecule has 0 fully saturated rings. The zero-order chi connectivity index (χ0) is 21.0. The monoisotopic (exact) mass is 434 g/mol. The average Bonchev–Trinajstić information content (AvgIpc) is 2.70. The van der Waals surface area contributed by atoms with Crippen LogP contribution in [-0.2, 0) is 10.0 Å². The van der Waals surface area contributed by atoms with Crippen LogP contribution in [0.2, 0.25) is 5.02 Å². The van der Waals surface area contributed by atoms with Gasteiger partial charge in [0.2, 0.25) is 0 Å². The largest absolute Gasteiger partial charge is 0.496 e. The Labute approximate surface area is 172 Å². The molecule has 3 aromatic carbocycles. The van der Waals surface area contributed by atoms with Crippen LogP contribution in [0, 0.1) is 5.82 Å². The normalized spacial score (nSPS) is 11.0. The van der Waals surface area contributed by atoms with E-state index in [0.717, 1.165) is 6.07 Å². The molecule has 2 N–H and O–H groups in total. The van der Waals surface area contributed by atoms with Gasteiger partial charge in [0.25, 0.3) is 15.9 Å². The number of rotatable bonds is 6. The molecule has 0 spiro atoms. The summed E-state index contributed by atoms with van der Waals surface area (Å²) in [6.45, 7) is 0. The fraction of sp³-hybridized carbons (Fsp3) is 0.0500. The summed E-state index contributed by atoms with van der Waals surface area (Å²) in [5, 5.41) is 3.03. The SMILES string of the molecule is COc1ccc(F)cc1C(=O)Nc1cccc(S(=O)(=O)Nc2ccc(Cl)cc2)c1. The number of anilines is 2. The predicted molar refractivity (Wildman–Crippen MR) is 110 cm³/mol. The van der Waals surface area contributed by atoms with Crippen LogP contribution in [0.1, 0.15) is 10.4 Å². The molecule has 0 radical (unpaired) electrons. The Bertz CT molecular complexity index is 1150. The molecule has 0 saturated carbocycles. The molecule has 0 aromatic heterocycles. The van der Waals surface area contributed by atoms with Gasteiger partial charge in [-0.1, -0.05) is 17.7 Å². The molecule has 0 bridgehead atoms.